The molecule has 0 saturated carbocycles. The Balaban J connectivity index is 1.75. The third-order valence-corrected chi connectivity index (χ3v) is 5.79. The highest BCUT2D eigenvalue weighted by Gasteiger charge is 2.20. The molecule has 2 aromatic carbocycles. The molecule has 1 fully saturated rings. The van der Waals surface area contributed by atoms with Gasteiger partial charge >= 0.3 is 0 Å². The Hall–Kier alpha value is -1.10. The van der Waals surface area contributed by atoms with E-state index in [4.69, 9.17) is 0 Å². The molecule has 0 aliphatic carbocycles. The zero-order valence-corrected chi connectivity index (χ0v) is 16.6. The summed E-state index contributed by atoms with van der Waals surface area (Å²) in [6, 6.07) is 15.3. The average molecular weight is 448 g/mol. The van der Waals surface area contributed by atoms with Crippen molar-refractivity contribution in [1.29, 1.82) is 0 Å². The van der Waals surface area contributed by atoms with Gasteiger partial charge in [0.2, 0.25) is 0 Å². The Morgan fingerprint density at radius 1 is 1.00 bits per heavy atom. The molecular weight excluding hydrogens is 428 g/mol. The van der Waals surface area contributed by atoms with E-state index in [1.165, 1.54) is 34.9 Å². The second kappa shape index (κ2) is 7.03. The van der Waals surface area contributed by atoms with Crippen molar-refractivity contribution in [2.45, 2.75) is 25.3 Å². The first kappa shape index (κ1) is 16.4. The summed E-state index contributed by atoms with van der Waals surface area (Å²) in [5.41, 5.74) is 4.15. The lowest BCUT2D eigenvalue weighted by Crippen LogP contribution is -2.26. The Morgan fingerprint density at radius 2 is 1.71 bits per heavy atom. The van der Waals surface area contributed by atoms with E-state index in [9.17, 15) is 0 Å². The predicted octanol–water partition coefficient (Wildman–Crippen LogP) is 5.68. The zero-order valence-electron chi connectivity index (χ0n) is 13.4. The minimum Gasteiger partial charge on any atom is -0.343 e. The molecular formula is C20H20Br2N2. The smallest absolute Gasteiger partial charge is 0.0486 e. The first-order chi connectivity index (χ1) is 11.7. The second-order valence-corrected chi connectivity index (χ2v) is 8.36. The molecule has 1 saturated heterocycles. The summed E-state index contributed by atoms with van der Waals surface area (Å²) in [4.78, 5) is 0. The molecule has 2 heterocycles. The van der Waals surface area contributed by atoms with Crippen molar-refractivity contribution in [2.24, 2.45) is 0 Å². The Bertz CT molecular complexity index is 843. The van der Waals surface area contributed by atoms with Gasteiger partial charge in [-0.1, -0.05) is 50.1 Å². The average Bonchev–Trinajstić information content (AvgIpc) is 2.94. The molecule has 3 aromatic rings. The summed E-state index contributed by atoms with van der Waals surface area (Å²) in [6.45, 7) is 3.15. The van der Waals surface area contributed by atoms with Gasteiger partial charge in [0.15, 0.2) is 0 Å². The number of piperidine rings is 1. The summed E-state index contributed by atoms with van der Waals surface area (Å²) >= 11 is 7.20. The number of para-hydroxylation sites is 1. The monoisotopic (exact) mass is 446 g/mol. The highest BCUT2D eigenvalue weighted by molar-refractivity contribution is 9.11. The molecule has 4 heteroatoms. The van der Waals surface area contributed by atoms with Gasteiger partial charge in [0.05, 0.1) is 0 Å². The number of fused-ring (bicyclic) bond motifs is 1. The van der Waals surface area contributed by atoms with E-state index in [0.717, 1.165) is 28.6 Å². The molecule has 24 heavy (non-hydrogen) atoms. The van der Waals surface area contributed by atoms with Crippen LogP contribution in [0.4, 0.5) is 0 Å². The molecule has 1 N–H and O–H groups in total. The van der Waals surface area contributed by atoms with Crippen LogP contribution in [-0.2, 0) is 6.54 Å². The summed E-state index contributed by atoms with van der Waals surface area (Å²) in [5, 5.41) is 4.89. The van der Waals surface area contributed by atoms with E-state index in [1.807, 2.05) is 0 Å². The van der Waals surface area contributed by atoms with Crippen LogP contribution in [0.2, 0.25) is 0 Å². The maximum Gasteiger partial charge on any atom is 0.0486 e. The second-order valence-electron chi connectivity index (χ2n) is 6.53. The number of aromatic nitrogens is 1. The molecule has 1 aliphatic heterocycles. The molecule has 1 aromatic heterocycles. The van der Waals surface area contributed by atoms with Gasteiger partial charge in [-0.2, -0.15) is 0 Å². The van der Waals surface area contributed by atoms with Crippen LogP contribution in [0.1, 0.15) is 29.9 Å². The van der Waals surface area contributed by atoms with Gasteiger partial charge in [0.25, 0.3) is 0 Å². The lowest BCUT2D eigenvalue weighted by molar-refractivity contribution is 0.461. The van der Waals surface area contributed by atoms with Gasteiger partial charge in [0.1, 0.15) is 0 Å². The van der Waals surface area contributed by atoms with Gasteiger partial charge in [-0.25, -0.2) is 0 Å². The van der Waals surface area contributed by atoms with Gasteiger partial charge < -0.3 is 9.88 Å². The molecule has 2 nitrogen and oxygen atoms in total. The third-order valence-electron chi connectivity index (χ3n) is 4.87. The van der Waals surface area contributed by atoms with Crippen molar-refractivity contribution in [3.8, 4) is 0 Å². The zero-order chi connectivity index (χ0) is 16.5. The molecule has 4 rings (SSSR count). The first-order valence-corrected chi connectivity index (χ1v) is 10.0. The quantitative estimate of drug-likeness (QED) is 0.546. The van der Waals surface area contributed by atoms with E-state index in [-0.39, 0.29) is 0 Å². The van der Waals surface area contributed by atoms with E-state index < -0.39 is 0 Å². The molecule has 0 spiro atoms. The summed E-state index contributed by atoms with van der Waals surface area (Å²) in [6.07, 6.45) is 4.85. The highest BCUT2D eigenvalue weighted by Crippen LogP contribution is 2.33. The molecule has 0 unspecified atom stereocenters. The van der Waals surface area contributed by atoms with Gasteiger partial charge in [-0.3, -0.25) is 0 Å². The van der Waals surface area contributed by atoms with Crippen LogP contribution >= 0.6 is 31.9 Å². The van der Waals surface area contributed by atoms with Crippen molar-refractivity contribution in [3.63, 3.8) is 0 Å². The summed E-state index contributed by atoms with van der Waals surface area (Å²) in [5.74, 6) is 0.673. The van der Waals surface area contributed by atoms with Crippen molar-refractivity contribution >= 4 is 42.8 Å². The highest BCUT2D eigenvalue weighted by atomic mass is 79.9. The fraction of sp³-hybridized carbons (Fsp3) is 0.300. The molecule has 0 radical (unpaired) electrons. The number of nitrogens with zero attached hydrogens (tertiary/aromatic N) is 1. The van der Waals surface area contributed by atoms with Crippen LogP contribution in [0.5, 0.6) is 0 Å². The Labute approximate surface area is 159 Å². The summed E-state index contributed by atoms with van der Waals surface area (Å²) < 4.78 is 4.63. The minimum absolute atomic E-state index is 0.673. The summed E-state index contributed by atoms with van der Waals surface area (Å²) in [7, 11) is 0. The van der Waals surface area contributed by atoms with Crippen LogP contribution in [0.3, 0.4) is 0 Å². The molecule has 0 amide bonds. The number of benzene rings is 2. The topological polar surface area (TPSA) is 17.0 Å². The first-order valence-electron chi connectivity index (χ1n) is 8.44. The number of halogens is 2. The van der Waals surface area contributed by atoms with E-state index in [0.29, 0.717) is 5.92 Å². The lowest BCUT2D eigenvalue weighted by atomic mass is 9.90. The maximum atomic E-state index is 3.60. The predicted molar refractivity (Wildman–Crippen MR) is 108 cm³/mol. The molecule has 0 atom stereocenters. The fourth-order valence-corrected chi connectivity index (χ4v) is 5.15. The van der Waals surface area contributed by atoms with Crippen LogP contribution in [-0.4, -0.2) is 17.7 Å². The minimum atomic E-state index is 0.673. The largest absolute Gasteiger partial charge is 0.343 e. The Kier molecular flexibility index (Phi) is 4.79. The normalized spacial score (nSPS) is 15.9. The fourth-order valence-electron chi connectivity index (χ4n) is 3.76. The Morgan fingerprint density at radius 3 is 2.46 bits per heavy atom. The van der Waals surface area contributed by atoms with Gasteiger partial charge in [-0.05, 0) is 67.2 Å². The molecule has 0 bridgehead atoms. The van der Waals surface area contributed by atoms with E-state index in [2.05, 4.69) is 90.4 Å². The number of rotatable bonds is 3. The van der Waals surface area contributed by atoms with E-state index in [1.54, 1.807) is 0 Å². The lowest BCUT2D eigenvalue weighted by Gasteiger charge is -2.22. The number of hydrogen-bond acceptors (Lipinski definition) is 1. The van der Waals surface area contributed by atoms with Crippen LogP contribution < -0.4 is 5.32 Å². The van der Waals surface area contributed by atoms with E-state index >= 15 is 0 Å². The van der Waals surface area contributed by atoms with Crippen LogP contribution in [0.25, 0.3) is 10.9 Å². The molecule has 124 valence electrons. The number of hydrogen-bond donors (Lipinski definition) is 1. The van der Waals surface area contributed by atoms with Crippen molar-refractivity contribution in [1.82, 2.24) is 9.88 Å². The van der Waals surface area contributed by atoms with Gasteiger partial charge in [-0.15, -0.1) is 0 Å². The van der Waals surface area contributed by atoms with Crippen LogP contribution in [0, 0.1) is 0 Å². The maximum absolute atomic E-state index is 3.60. The van der Waals surface area contributed by atoms with Crippen molar-refractivity contribution in [3.05, 3.63) is 68.7 Å². The third kappa shape index (κ3) is 3.32. The van der Waals surface area contributed by atoms with Crippen molar-refractivity contribution < 1.29 is 0 Å². The van der Waals surface area contributed by atoms with Crippen LogP contribution in [0.15, 0.2) is 57.6 Å². The number of nitrogens with one attached hydrogen (secondary N) is 1. The standard InChI is InChI=1S/C20H20Br2N2/c21-16-9-14(10-17(22)11-16)12-24-13-19(15-5-7-23-8-6-15)18-3-1-2-4-20(18)24/h1-4,9-11,13,15,23H,5-8,12H2. The SMILES string of the molecule is Brc1cc(Br)cc(Cn2cc(C3CCNCC3)c3ccccc32)c1. The van der Waals surface area contributed by atoms with Gasteiger partial charge in [0, 0.05) is 32.6 Å². The molecule has 1 aliphatic rings. The van der Waals surface area contributed by atoms with Crippen molar-refractivity contribution in [2.75, 3.05) is 13.1 Å².